The molecule has 1 N–H and O–H groups in total. The van der Waals surface area contributed by atoms with Crippen molar-refractivity contribution in [2.45, 2.75) is 25.4 Å². The van der Waals surface area contributed by atoms with Crippen LogP contribution in [-0.4, -0.2) is 24.9 Å². The smallest absolute Gasteiger partial charge is 0.332 e. The second-order valence-corrected chi connectivity index (χ2v) is 10.2. The van der Waals surface area contributed by atoms with E-state index in [1.54, 1.807) is 0 Å². The van der Waals surface area contributed by atoms with Crippen molar-refractivity contribution in [3.8, 4) is 0 Å². The Morgan fingerprint density at radius 1 is 1.05 bits per heavy atom. The van der Waals surface area contributed by atoms with Crippen LogP contribution >= 0.6 is 0 Å². The Kier molecular flexibility index (Phi) is 4.93. The van der Waals surface area contributed by atoms with E-state index in [0.717, 1.165) is 10.8 Å². The van der Waals surface area contributed by atoms with Gasteiger partial charge >= 0.3 is 5.97 Å². The fourth-order valence-electron chi connectivity index (χ4n) is 2.13. The standard InChI is InChI=1S/C17H20O3Si/c1-21(2,15-11-7-4-8-12-15)17(19)16(18)20-13-14-9-5-3-6-10-14/h3-12,17,19H,13H2,1-2H3. The van der Waals surface area contributed by atoms with E-state index >= 15 is 0 Å². The van der Waals surface area contributed by atoms with Gasteiger partial charge in [0, 0.05) is 0 Å². The van der Waals surface area contributed by atoms with Gasteiger partial charge < -0.3 is 9.84 Å². The molecule has 0 bridgehead atoms. The first-order chi connectivity index (χ1) is 10.0. The largest absolute Gasteiger partial charge is 0.459 e. The number of hydrogen-bond donors (Lipinski definition) is 1. The highest BCUT2D eigenvalue weighted by molar-refractivity contribution is 6.92. The molecule has 4 heteroatoms. The predicted octanol–water partition coefficient (Wildman–Crippen LogP) is 2.25. The lowest BCUT2D eigenvalue weighted by Crippen LogP contribution is -2.56. The fraction of sp³-hybridized carbons (Fsp3) is 0.235. The minimum atomic E-state index is -2.30. The summed E-state index contributed by atoms with van der Waals surface area (Å²) in [5.74, 6) is -0.542. The van der Waals surface area contributed by atoms with Crippen molar-refractivity contribution in [3.05, 3.63) is 66.2 Å². The molecule has 0 aliphatic carbocycles. The molecule has 2 aromatic rings. The molecular weight excluding hydrogens is 280 g/mol. The van der Waals surface area contributed by atoms with E-state index in [1.807, 2.05) is 73.8 Å². The molecule has 0 aliphatic rings. The van der Waals surface area contributed by atoms with Crippen molar-refractivity contribution < 1.29 is 14.6 Å². The number of carbonyl (C=O) groups excluding carboxylic acids is 1. The van der Waals surface area contributed by atoms with Crippen LogP contribution in [0.25, 0.3) is 0 Å². The first-order valence-corrected chi connectivity index (χ1v) is 10.0. The lowest BCUT2D eigenvalue weighted by Gasteiger charge is -2.27. The molecule has 0 spiro atoms. The highest BCUT2D eigenvalue weighted by atomic mass is 28.3. The molecule has 0 saturated heterocycles. The molecular formula is C17H20O3Si. The zero-order chi connectivity index (χ0) is 15.3. The van der Waals surface area contributed by atoms with Crippen molar-refractivity contribution in [3.63, 3.8) is 0 Å². The van der Waals surface area contributed by atoms with Crippen molar-refractivity contribution in [1.82, 2.24) is 0 Å². The number of benzene rings is 2. The molecule has 21 heavy (non-hydrogen) atoms. The van der Waals surface area contributed by atoms with Crippen molar-refractivity contribution in [2.75, 3.05) is 0 Å². The van der Waals surface area contributed by atoms with Crippen LogP contribution in [0.1, 0.15) is 5.56 Å². The molecule has 110 valence electrons. The Morgan fingerprint density at radius 2 is 1.57 bits per heavy atom. The van der Waals surface area contributed by atoms with Gasteiger partial charge in [-0.2, -0.15) is 0 Å². The summed E-state index contributed by atoms with van der Waals surface area (Å²) in [6, 6.07) is 19.2. The van der Waals surface area contributed by atoms with E-state index in [2.05, 4.69) is 0 Å². The Morgan fingerprint density at radius 3 is 2.14 bits per heavy atom. The van der Waals surface area contributed by atoms with E-state index in [9.17, 15) is 9.90 Å². The second-order valence-electron chi connectivity index (χ2n) is 5.58. The fourth-order valence-corrected chi connectivity index (χ4v) is 4.17. The summed E-state index contributed by atoms with van der Waals surface area (Å²) in [4.78, 5) is 12.1. The maximum atomic E-state index is 12.1. The lowest BCUT2D eigenvalue weighted by atomic mass is 10.2. The van der Waals surface area contributed by atoms with E-state index in [-0.39, 0.29) is 6.61 Å². The minimum absolute atomic E-state index is 0.190. The highest BCUT2D eigenvalue weighted by Gasteiger charge is 2.38. The normalized spacial score (nSPS) is 12.7. The average Bonchev–Trinajstić information content (AvgIpc) is 2.53. The third-order valence-electron chi connectivity index (χ3n) is 3.65. The summed E-state index contributed by atoms with van der Waals surface area (Å²) in [6.45, 7) is 4.13. The quantitative estimate of drug-likeness (QED) is 0.680. The van der Waals surface area contributed by atoms with E-state index in [0.29, 0.717) is 0 Å². The minimum Gasteiger partial charge on any atom is -0.459 e. The van der Waals surface area contributed by atoms with Crippen LogP contribution in [-0.2, 0) is 16.1 Å². The lowest BCUT2D eigenvalue weighted by molar-refractivity contribution is -0.151. The van der Waals surface area contributed by atoms with E-state index < -0.39 is 19.8 Å². The van der Waals surface area contributed by atoms with E-state index in [1.165, 1.54) is 0 Å². The Balaban J connectivity index is 2.02. The van der Waals surface area contributed by atoms with Gasteiger partial charge in [0.25, 0.3) is 0 Å². The number of hydrogen-bond acceptors (Lipinski definition) is 3. The van der Waals surface area contributed by atoms with Gasteiger partial charge in [-0.05, 0) is 5.56 Å². The molecule has 0 aliphatic heterocycles. The first kappa shape index (κ1) is 15.5. The molecule has 2 rings (SSSR count). The summed E-state index contributed by atoms with van der Waals surface area (Å²) >= 11 is 0. The molecule has 0 radical (unpaired) electrons. The van der Waals surface area contributed by atoms with Crippen LogP contribution < -0.4 is 5.19 Å². The number of esters is 1. The third kappa shape index (κ3) is 3.80. The van der Waals surface area contributed by atoms with Gasteiger partial charge in [-0.1, -0.05) is 78.9 Å². The number of ether oxygens (including phenoxy) is 1. The van der Waals surface area contributed by atoms with Crippen LogP contribution in [0.4, 0.5) is 0 Å². The zero-order valence-electron chi connectivity index (χ0n) is 12.3. The average molecular weight is 300 g/mol. The first-order valence-electron chi connectivity index (χ1n) is 6.96. The molecule has 0 aromatic heterocycles. The second kappa shape index (κ2) is 6.69. The van der Waals surface area contributed by atoms with Crippen LogP contribution in [0.3, 0.4) is 0 Å². The zero-order valence-corrected chi connectivity index (χ0v) is 13.3. The molecule has 0 amide bonds. The molecule has 0 heterocycles. The van der Waals surface area contributed by atoms with Gasteiger partial charge in [-0.15, -0.1) is 0 Å². The SMILES string of the molecule is C[Si](C)(c1ccccc1)C(O)C(=O)OCc1ccccc1. The predicted molar refractivity (Wildman–Crippen MR) is 85.8 cm³/mol. The number of rotatable bonds is 5. The third-order valence-corrected chi connectivity index (χ3v) is 7.07. The van der Waals surface area contributed by atoms with Crippen LogP contribution in [0.15, 0.2) is 60.7 Å². The van der Waals surface area contributed by atoms with Crippen molar-refractivity contribution >= 4 is 19.2 Å². The van der Waals surface area contributed by atoms with Gasteiger partial charge in [-0.25, -0.2) is 4.79 Å². The molecule has 0 saturated carbocycles. The number of carbonyl (C=O) groups is 1. The van der Waals surface area contributed by atoms with Crippen molar-refractivity contribution in [1.29, 1.82) is 0 Å². The van der Waals surface area contributed by atoms with E-state index in [4.69, 9.17) is 4.74 Å². The van der Waals surface area contributed by atoms with Gasteiger partial charge in [0.15, 0.2) is 0 Å². The molecule has 0 fully saturated rings. The Hall–Kier alpha value is -1.91. The van der Waals surface area contributed by atoms with Crippen LogP contribution in [0.5, 0.6) is 0 Å². The molecule has 2 aromatic carbocycles. The summed E-state index contributed by atoms with van der Waals surface area (Å²) in [5, 5.41) is 11.4. The highest BCUT2D eigenvalue weighted by Crippen LogP contribution is 2.12. The van der Waals surface area contributed by atoms with Gasteiger partial charge in [-0.3, -0.25) is 0 Å². The number of aliphatic hydroxyl groups is 1. The summed E-state index contributed by atoms with van der Waals surface area (Å²) in [6.07, 6.45) is 0. The molecule has 1 atom stereocenters. The molecule has 1 unspecified atom stereocenters. The summed E-state index contributed by atoms with van der Waals surface area (Å²) in [7, 11) is -2.30. The maximum absolute atomic E-state index is 12.1. The van der Waals surface area contributed by atoms with Crippen molar-refractivity contribution in [2.24, 2.45) is 0 Å². The van der Waals surface area contributed by atoms with Gasteiger partial charge in [0.2, 0.25) is 0 Å². The number of aliphatic hydroxyl groups excluding tert-OH is 1. The monoisotopic (exact) mass is 300 g/mol. The van der Waals surface area contributed by atoms with Gasteiger partial charge in [0.05, 0.1) is 0 Å². The summed E-state index contributed by atoms with van der Waals surface area (Å²) < 4.78 is 5.24. The summed E-state index contributed by atoms with van der Waals surface area (Å²) in [5.41, 5.74) is -0.152. The van der Waals surface area contributed by atoms with Crippen LogP contribution in [0.2, 0.25) is 13.1 Å². The van der Waals surface area contributed by atoms with Crippen LogP contribution in [0, 0.1) is 0 Å². The Labute approximate surface area is 126 Å². The Bertz CT molecular complexity index is 581. The maximum Gasteiger partial charge on any atom is 0.332 e. The molecule has 3 nitrogen and oxygen atoms in total. The van der Waals surface area contributed by atoms with Gasteiger partial charge in [0.1, 0.15) is 20.4 Å². The topological polar surface area (TPSA) is 46.5 Å².